The molecule has 0 spiro atoms. The fourth-order valence-electron chi connectivity index (χ4n) is 1.93. The predicted octanol–water partition coefficient (Wildman–Crippen LogP) is 2.43. The Hall–Kier alpha value is -1.95. The van der Waals surface area contributed by atoms with Gasteiger partial charge >= 0.3 is 0 Å². The fourth-order valence-corrected chi connectivity index (χ4v) is 1.93. The van der Waals surface area contributed by atoms with Crippen LogP contribution in [0.2, 0.25) is 0 Å². The van der Waals surface area contributed by atoms with Gasteiger partial charge in [0, 0.05) is 19.2 Å². The second kappa shape index (κ2) is 7.17. The Kier molecular flexibility index (Phi) is 5.84. The third kappa shape index (κ3) is 5.15. The summed E-state index contributed by atoms with van der Waals surface area (Å²) in [6, 6.07) is 4.48. The zero-order chi connectivity index (χ0) is 16.0. The van der Waals surface area contributed by atoms with E-state index in [0.29, 0.717) is 13.0 Å². The van der Waals surface area contributed by atoms with Crippen LogP contribution >= 0.6 is 0 Å². The van der Waals surface area contributed by atoms with Crippen molar-refractivity contribution in [3.63, 3.8) is 0 Å². The molecule has 0 unspecified atom stereocenters. The topological polar surface area (TPSA) is 92.5 Å². The Morgan fingerprint density at radius 3 is 2.67 bits per heavy atom. The minimum Gasteiger partial charge on any atom is -0.396 e. The third-order valence-corrected chi connectivity index (χ3v) is 3.34. The number of aryl methyl sites for hydroxylation is 1. The zero-order valence-corrected chi connectivity index (χ0v) is 12.7. The number of carbonyl (C=O) groups excluding carboxylic acids is 1. The van der Waals surface area contributed by atoms with Crippen LogP contribution in [0.25, 0.3) is 0 Å². The van der Waals surface area contributed by atoms with Gasteiger partial charge in [-0.2, -0.15) is 0 Å². The molecule has 0 aliphatic heterocycles. The van der Waals surface area contributed by atoms with Gasteiger partial charge in [0.05, 0.1) is 4.92 Å². The van der Waals surface area contributed by atoms with Gasteiger partial charge in [0.1, 0.15) is 5.56 Å². The molecule has 0 radical (unpaired) electrons. The fraction of sp³-hybridized carbons (Fsp3) is 0.533. The monoisotopic (exact) mass is 294 g/mol. The van der Waals surface area contributed by atoms with Crippen LogP contribution in [0.5, 0.6) is 0 Å². The molecule has 0 atom stereocenters. The van der Waals surface area contributed by atoms with Crippen molar-refractivity contribution in [2.75, 3.05) is 13.2 Å². The summed E-state index contributed by atoms with van der Waals surface area (Å²) in [6.45, 7) is 6.18. The Labute approximate surface area is 124 Å². The number of amides is 1. The van der Waals surface area contributed by atoms with E-state index in [2.05, 4.69) is 5.32 Å². The van der Waals surface area contributed by atoms with E-state index in [9.17, 15) is 14.9 Å². The van der Waals surface area contributed by atoms with E-state index in [0.717, 1.165) is 12.0 Å². The molecule has 0 aromatic heterocycles. The Bertz CT molecular complexity index is 526. The Morgan fingerprint density at radius 1 is 1.43 bits per heavy atom. The molecule has 0 aliphatic rings. The summed E-state index contributed by atoms with van der Waals surface area (Å²) >= 11 is 0. The molecular formula is C15H22N2O4. The summed E-state index contributed by atoms with van der Waals surface area (Å²) in [4.78, 5) is 22.4. The van der Waals surface area contributed by atoms with Crippen LogP contribution in [0, 0.1) is 22.5 Å². The summed E-state index contributed by atoms with van der Waals surface area (Å²) in [7, 11) is 0. The summed E-state index contributed by atoms with van der Waals surface area (Å²) in [5.74, 6) is -0.438. The summed E-state index contributed by atoms with van der Waals surface area (Å²) in [5.41, 5.74) is 0.516. The summed E-state index contributed by atoms with van der Waals surface area (Å²) in [5, 5.41) is 22.8. The van der Waals surface area contributed by atoms with Gasteiger partial charge in [0.15, 0.2) is 0 Å². The van der Waals surface area contributed by atoms with Crippen molar-refractivity contribution in [2.24, 2.45) is 5.41 Å². The van der Waals surface area contributed by atoms with E-state index >= 15 is 0 Å². The van der Waals surface area contributed by atoms with Crippen LogP contribution in [0.3, 0.4) is 0 Å². The van der Waals surface area contributed by atoms with Crippen LogP contribution in [-0.4, -0.2) is 29.1 Å². The summed E-state index contributed by atoms with van der Waals surface area (Å²) < 4.78 is 0. The first-order valence-corrected chi connectivity index (χ1v) is 6.91. The number of aliphatic hydroxyl groups excluding tert-OH is 1. The van der Waals surface area contributed by atoms with Crippen molar-refractivity contribution in [3.8, 4) is 0 Å². The maximum atomic E-state index is 12.1. The molecule has 116 valence electrons. The first-order valence-electron chi connectivity index (χ1n) is 6.91. The molecule has 0 bridgehead atoms. The number of nitrogens with one attached hydrogen (secondary N) is 1. The van der Waals surface area contributed by atoms with Gasteiger partial charge < -0.3 is 10.4 Å². The van der Waals surface area contributed by atoms with Crippen molar-refractivity contribution in [1.29, 1.82) is 0 Å². The molecule has 0 fully saturated rings. The van der Waals surface area contributed by atoms with E-state index in [4.69, 9.17) is 5.11 Å². The summed E-state index contributed by atoms with van der Waals surface area (Å²) in [6.07, 6.45) is 1.47. The maximum absolute atomic E-state index is 12.1. The molecule has 0 heterocycles. The minimum absolute atomic E-state index is 0.0846. The predicted molar refractivity (Wildman–Crippen MR) is 80.3 cm³/mol. The highest BCUT2D eigenvalue weighted by Crippen LogP contribution is 2.21. The molecule has 2 N–H and O–H groups in total. The molecule has 6 nitrogen and oxygen atoms in total. The molecule has 0 saturated heterocycles. The van der Waals surface area contributed by atoms with Gasteiger partial charge in [0.25, 0.3) is 11.6 Å². The SMILES string of the molecule is Cc1ccc([N+](=O)[O-])c(C(=O)NCCCC(C)(C)CO)c1. The molecule has 1 aromatic carbocycles. The highest BCUT2D eigenvalue weighted by atomic mass is 16.6. The molecule has 6 heteroatoms. The van der Waals surface area contributed by atoms with Crippen molar-refractivity contribution in [1.82, 2.24) is 5.32 Å². The molecule has 0 aliphatic carbocycles. The number of hydrogen-bond acceptors (Lipinski definition) is 4. The molecule has 0 saturated carbocycles. The third-order valence-electron chi connectivity index (χ3n) is 3.34. The lowest BCUT2D eigenvalue weighted by Crippen LogP contribution is -2.27. The van der Waals surface area contributed by atoms with Crippen molar-refractivity contribution in [3.05, 3.63) is 39.4 Å². The lowest BCUT2D eigenvalue weighted by atomic mass is 9.89. The lowest BCUT2D eigenvalue weighted by Gasteiger charge is -2.21. The molecule has 1 amide bonds. The average Bonchev–Trinajstić information content (AvgIpc) is 2.43. The van der Waals surface area contributed by atoms with Crippen molar-refractivity contribution < 1.29 is 14.8 Å². The first-order chi connectivity index (χ1) is 9.76. The van der Waals surface area contributed by atoms with Gasteiger partial charge in [-0.3, -0.25) is 14.9 Å². The number of benzene rings is 1. The molecule has 1 rings (SSSR count). The normalized spacial score (nSPS) is 11.2. The Morgan fingerprint density at radius 2 is 2.10 bits per heavy atom. The lowest BCUT2D eigenvalue weighted by molar-refractivity contribution is -0.385. The molecule has 21 heavy (non-hydrogen) atoms. The average molecular weight is 294 g/mol. The number of aliphatic hydroxyl groups is 1. The van der Waals surface area contributed by atoms with E-state index in [-0.39, 0.29) is 23.3 Å². The maximum Gasteiger partial charge on any atom is 0.282 e. The Balaban J connectivity index is 2.64. The number of rotatable bonds is 7. The largest absolute Gasteiger partial charge is 0.396 e. The molecular weight excluding hydrogens is 272 g/mol. The van der Waals surface area contributed by atoms with Crippen molar-refractivity contribution in [2.45, 2.75) is 33.6 Å². The first kappa shape index (κ1) is 17.1. The number of nitrogens with zero attached hydrogens (tertiary/aromatic N) is 1. The van der Waals surface area contributed by atoms with E-state index < -0.39 is 10.8 Å². The quantitative estimate of drug-likeness (QED) is 0.459. The number of nitro groups is 1. The van der Waals surface area contributed by atoms with Gasteiger partial charge in [0.2, 0.25) is 0 Å². The molecule has 1 aromatic rings. The minimum atomic E-state index is -0.552. The highest BCUT2D eigenvalue weighted by molar-refractivity contribution is 5.98. The number of hydrogen-bond donors (Lipinski definition) is 2. The van der Waals surface area contributed by atoms with Gasteiger partial charge in [-0.1, -0.05) is 19.9 Å². The van der Waals surface area contributed by atoms with Crippen LogP contribution in [0.15, 0.2) is 18.2 Å². The number of nitro benzene ring substituents is 1. The van der Waals surface area contributed by atoms with Crippen LogP contribution < -0.4 is 5.32 Å². The van der Waals surface area contributed by atoms with Gasteiger partial charge in [-0.05, 0) is 36.8 Å². The smallest absolute Gasteiger partial charge is 0.282 e. The van der Waals surface area contributed by atoms with Gasteiger partial charge in [-0.15, -0.1) is 0 Å². The number of carbonyl (C=O) groups is 1. The van der Waals surface area contributed by atoms with Gasteiger partial charge in [-0.25, -0.2) is 0 Å². The second-order valence-electron chi connectivity index (χ2n) is 5.96. The van der Waals surface area contributed by atoms with Crippen LogP contribution in [-0.2, 0) is 0 Å². The van der Waals surface area contributed by atoms with Crippen LogP contribution in [0.4, 0.5) is 5.69 Å². The van der Waals surface area contributed by atoms with E-state index in [1.54, 1.807) is 13.0 Å². The second-order valence-corrected chi connectivity index (χ2v) is 5.96. The van der Waals surface area contributed by atoms with E-state index in [1.165, 1.54) is 12.1 Å². The standard InChI is InChI=1S/C15H22N2O4/c1-11-5-6-13(17(20)21)12(9-11)14(19)16-8-4-7-15(2,3)10-18/h5-6,9,18H,4,7-8,10H2,1-3H3,(H,16,19). The highest BCUT2D eigenvalue weighted by Gasteiger charge is 2.20. The van der Waals surface area contributed by atoms with Crippen LogP contribution in [0.1, 0.15) is 42.6 Å². The zero-order valence-electron chi connectivity index (χ0n) is 12.7. The van der Waals surface area contributed by atoms with E-state index in [1.807, 2.05) is 13.8 Å². The van der Waals surface area contributed by atoms with Crippen molar-refractivity contribution >= 4 is 11.6 Å².